The highest BCUT2D eigenvalue weighted by molar-refractivity contribution is 5.27. The molecule has 1 heterocycles. The molecule has 1 N–H and O–H groups in total. The molecule has 1 fully saturated rings. The Bertz CT molecular complexity index is 400. The zero-order chi connectivity index (χ0) is 13.8. The molecule has 19 heavy (non-hydrogen) atoms. The lowest BCUT2D eigenvalue weighted by Crippen LogP contribution is -2.31. The number of aryl methyl sites for hydroxylation is 2. The minimum atomic E-state index is 0.420. The third-order valence-corrected chi connectivity index (χ3v) is 4.51. The Morgan fingerprint density at radius 2 is 1.84 bits per heavy atom. The van der Waals surface area contributed by atoms with Gasteiger partial charge in [0.05, 0.1) is 5.69 Å². The number of hydrogen-bond acceptors (Lipinski definition) is 2. The van der Waals surface area contributed by atoms with Crippen LogP contribution in [0.5, 0.6) is 0 Å². The Morgan fingerprint density at radius 3 is 2.37 bits per heavy atom. The largest absolute Gasteiger partial charge is 0.307 e. The Hall–Kier alpha value is -0.830. The van der Waals surface area contributed by atoms with E-state index in [9.17, 15) is 0 Å². The number of rotatable bonds is 4. The average Bonchev–Trinajstić information content (AvgIpc) is 2.57. The lowest BCUT2D eigenvalue weighted by molar-refractivity contribution is 0.412. The average molecular weight is 263 g/mol. The number of nitrogens with one attached hydrogen (secondary N) is 1. The summed E-state index contributed by atoms with van der Waals surface area (Å²) in [5, 5.41) is 8.48. The van der Waals surface area contributed by atoms with Crippen molar-refractivity contribution in [3.8, 4) is 0 Å². The highest BCUT2D eigenvalue weighted by atomic mass is 15.3. The summed E-state index contributed by atoms with van der Waals surface area (Å²) in [6.07, 6.45) is 8.28. The molecule has 0 saturated heterocycles. The van der Waals surface area contributed by atoms with Crippen LogP contribution < -0.4 is 5.32 Å². The summed E-state index contributed by atoms with van der Waals surface area (Å²) >= 11 is 0. The second kappa shape index (κ2) is 6.56. The van der Waals surface area contributed by atoms with Crippen molar-refractivity contribution in [2.45, 2.75) is 84.8 Å². The van der Waals surface area contributed by atoms with Gasteiger partial charge < -0.3 is 5.32 Å². The maximum Gasteiger partial charge on any atom is 0.0644 e. The van der Waals surface area contributed by atoms with Gasteiger partial charge in [-0.2, -0.15) is 5.10 Å². The molecular weight excluding hydrogens is 234 g/mol. The standard InChI is InChI=1S/C16H29N3/c1-5-19-14(4)16(13(3)18-19)12(2)17-15-10-8-6-7-9-11-15/h12,15,17H,5-11H2,1-4H3. The molecule has 0 aromatic carbocycles. The molecule has 3 heteroatoms. The number of aromatic nitrogens is 2. The van der Waals surface area contributed by atoms with Crippen molar-refractivity contribution in [3.63, 3.8) is 0 Å². The van der Waals surface area contributed by atoms with Crippen molar-refractivity contribution in [3.05, 3.63) is 17.0 Å². The first-order valence-electron chi connectivity index (χ1n) is 7.93. The normalized spacial score (nSPS) is 19.4. The monoisotopic (exact) mass is 263 g/mol. The SMILES string of the molecule is CCn1nc(C)c(C(C)NC2CCCCCC2)c1C. The molecule has 0 aliphatic heterocycles. The van der Waals surface area contributed by atoms with E-state index in [0.717, 1.165) is 6.54 Å². The summed E-state index contributed by atoms with van der Waals surface area (Å²) in [6.45, 7) is 9.75. The van der Waals surface area contributed by atoms with Crippen LogP contribution in [0.1, 0.15) is 75.4 Å². The van der Waals surface area contributed by atoms with Gasteiger partial charge in [0.1, 0.15) is 0 Å². The van der Waals surface area contributed by atoms with E-state index in [1.54, 1.807) is 0 Å². The van der Waals surface area contributed by atoms with Gasteiger partial charge in [-0.3, -0.25) is 4.68 Å². The van der Waals surface area contributed by atoms with Gasteiger partial charge in [0.25, 0.3) is 0 Å². The van der Waals surface area contributed by atoms with Crippen LogP contribution >= 0.6 is 0 Å². The second-order valence-corrected chi connectivity index (χ2v) is 5.98. The van der Waals surface area contributed by atoms with Crippen molar-refractivity contribution >= 4 is 0 Å². The van der Waals surface area contributed by atoms with Gasteiger partial charge in [0.2, 0.25) is 0 Å². The van der Waals surface area contributed by atoms with Crippen LogP contribution in [0.25, 0.3) is 0 Å². The van der Waals surface area contributed by atoms with E-state index in [0.29, 0.717) is 12.1 Å². The molecule has 0 amide bonds. The van der Waals surface area contributed by atoms with Crippen LogP contribution in [0, 0.1) is 13.8 Å². The first-order valence-corrected chi connectivity index (χ1v) is 7.93. The summed E-state index contributed by atoms with van der Waals surface area (Å²) in [5.41, 5.74) is 3.92. The lowest BCUT2D eigenvalue weighted by Gasteiger charge is -2.22. The summed E-state index contributed by atoms with van der Waals surface area (Å²) in [5.74, 6) is 0. The van der Waals surface area contributed by atoms with Crippen LogP contribution in [0.15, 0.2) is 0 Å². The van der Waals surface area contributed by atoms with Gasteiger partial charge in [-0.1, -0.05) is 25.7 Å². The zero-order valence-corrected chi connectivity index (χ0v) is 13.0. The van der Waals surface area contributed by atoms with Crippen molar-refractivity contribution in [2.75, 3.05) is 0 Å². The molecule has 1 aliphatic carbocycles. The fourth-order valence-corrected chi connectivity index (χ4v) is 3.53. The summed E-state index contributed by atoms with van der Waals surface area (Å²) in [4.78, 5) is 0. The third kappa shape index (κ3) is 3.38. The minimum absolute atomic E-state index is 0.420. The van der Waals surface area contributed by atoms with E-state index in [1.807, 2.05) is 0 Å². The van der Waals surface area contributed by atoms with E-state index in [1.165, 1.54) is 55.5 Å². The molecule has 108 valence electrons. The van der Waals surface area contributed by atoms with Gasteiger partial charge in [0.15, 0.2) is 0 Å². The molecule has 3 nitrogen and oxygen atoms in total. The van der Waals surface area contributed by atoms with Crippen molar-refractivity contribution in [2.24, 2.45) is 0 Å². The Labute approximate surface area is 117 Å². The van der Waals surface area contributed by atoms with Crippen LogP contribution in [0.4, 0.5) is 0 Å². The highest BCUT2D eigenvalue weighted by Crippen LogP contribution is 2.24. The molecule has 1 aliphatic rings. The Morgan fingerprint density at radius 1 is 1.21 bits per heavy atom. The van der Waals surface area contributed by atoms with Gasteiger partial charge in [-0.25, -0.2) is 0 Å². The quantitative estimate of drug-likeness (QED) is 0.835. The van der Waals surface area contributed by atoms with Crippen LogP contribution in [0.3, 0.4) is 0 Å². The third-order valence-electron chi connectivity index (χ3n) is 4.51. The second-order valence-electron chi connectivity index (χ2n) is 5.98. The minimum Gasteiger partial charge on any atom is -0.307 e. The highest BCUT2D eigenvalue weighted by Gasteiger charge is 2.20. The summed E-state index contributed by atoms with van der Waals surface area (Å²) in [6, 6.07) is 1.12. The fraction of sp³-hybridized carbons (Fsp3) is 0.812. The molecule has 2 rings (SSSR count). The summed E-state index contributed by atoms with van der Waals surface area (Å²) < 4.78 is 2.12. The van der Waals surface area contributed by atoms with Crippen molar-refractivity contribution in [1.82, 2.24) is 15.1 Å². The van der Waals surface area contributed by atoms with Gasteiger partial charge >= 0.3 is 0 Å². The molecular formula is C16H29N3. The van der Waals surface area contributed by atoms with E-state index >= 15 is 0 Å². The topological polar surface area (TPSA) is 29.9 Å². The smallest absolute Gasteiger partial charge is 0.0644 e. The molecule has 1 atom stereocenters. The fourth-order valence-electron chi connectivity index (χ4n) is 3.53. The lowest BCUT2D eigenvalue weighted by atomic mass is 10.0. The van der Waals surface area contributed by atoms with Crippen LogP contribution in [-0.2, 0) is 6.54 Å². The molecule has 1 aromatic rings. The zero-order valence-electron chi connectivity index (χ0n) is 13.0. The van der Waals surface area contributed by atoms with Crippen LogP contribution in [0.2, 0.25) is 0 Å². The summed E-state index contributed by atoms with van der Waals surface area (Å²) in [7, 11) is 0. The molecule has 1 saturated carbocycles. The molecule has 1 aromatic heterocycles. The van der Waals surface area contributed by atoms with Gasteiger partial charge in [-0.15, -0.1) is 0 Å². The van der Waals surface area contributed by atoms with E-state index in [2.05, 4.69) is 42.8 Å². The first-order chi connectivity index (χ1) is 9.13. The van der Waals surface area contributed by atoms with Crippen molar-refractivity contribution in [1.29, 1.82) is 0 Å². The van der Waals surface area contributed by atoms with Crippen LogP contribution in [-0.4, -0.2) is 15.8 Å². The molecule has 1 unspecified atom stereocenters. The van der Waals surface area contributed by atoms with Crippen molar-refractivity contribution < 1.29 is 0 Å². The predicted molar refractivity (Wildman–Crippen MR) is 80.4 cm³/mol. The predicted octanol–water partition coefficient (Wildman–Crippen LogP) is 3.89. The molecule has 0 radical (unpaired) electrons. The number of hydrogen-bond donors (Lipinski definition) is 1. The van der Waals surface area contributed by atoms with E-state index < -0.39 is 0 Å². The van der Waals surface area contributed by atoms with E-state index in [-0.39, 0.29) is 0 Å². The molecule has 0 spiro atoms. The number of nitrogens with zero attached hydrogens (tertiary/aromatic N) is 2. The Balaban J connectivity index is 2.06. The molecule has 0 bridgehead atoms. The van der Waals surface area contributed by atoms with Gasteiger partial charge in [0, 0.05) is 29.9 Å². The maximum atomic E-state index is 4.64. The Kier molecular flexibility index (Phi) is 5.03. The first kappa shape index (κ1) is 14.6. The van der Waals surface area contributed by atoms with Gasteiger partial charge in [-0.05, 0) is 40.5 Å². The van der Waals surface area contributed by atoms with E-state index in [4.69, 9.17) is 0 Å². The maximum absolute atomic E-state index is 4.64.